The van der Waals surface area contributed by atoms with Crippen molar-refractivity contribution in [3.05, 3.63) is 83.9 Å². The van der Waals surface area contributed by atoms with Gasteiger partial charge in [0.05, 0.1) is 0 Å². The van der Waals surface area contributed by atoms with Crippen molar-refractivity contribution in [2.75, 3.05) is 0 Å². The smallest absolute Gasteiger partial charge is 0.0178 e. The first-order valence-electron chi connectivity index (χ1n) is 11.1. The highest BCUT2D eigenvalue weighted by atomic mass is 14.1. The standard InChI is InChI=1S/C28H34/c1-3-5-7-10-23-14-18-25(19-15-23)27-12-9-13-28(22-27)26-20-16-24(17-21-26)11-8-6-4-2/h9,12-22H,3-8,10-11H2,1-2H3. The van der Waals surface area contributed by atoms with Crippen LogP contribution in [-0.2, 0) is 12.8 Å². The molecule has 0 aliphatic heterocycles. The topological polar surface area (TPSA) is 0 Å². The average molecular weight is 371 g/mol. The fraction of sp³-hybridized carbons (Fsp3) is 0.357. The summed E-state index contributed by atoms with van der Waals surface area (Å²) in [5.74, 6) is 0. The lowest BCUT2D eigenvalue weighted by Gasteiger charge is -2.08. The summed E-state index contributed by atoms with van der Waals surface area (Å²) in [6.07, 6.45) is 10.2. The molecule has 3 rings (SSSR count). The number of rotatable bonds is 10. The van der Waals surface area contributed by atoms with Gasteiger partial charge in [0.25, 0.3) is 0 Å². The van der Waals surface area contributed by atoms with Gasteiger partial charge >= 0.3 is 0 Å². The van der Waals surface area contributed by atoms with E-state index in [4.69, 9.17) is 0 Å². The first-order chi connectivity index (χ1) is 13.8. The van der Waals surface area contributed by atoms with Gasteiger partial charge < -0.3 is 0 Å². The molecule has 3 aromatic rings. The Morgan fingerprint density at radius 2 is 0.893 bits per heavy atom. The van der Waals surface area contributed by atoms with Crippen LogP contribution in [0.15, 0.2) is 72.8 Å². The number of hydrogen-bond donors (Lipinski definition) is 0. The molecule has 146 valence electrons. The van der Waals surface area contributed by atoms with E-state index in [9.17, 15) is 0 Å². The molecule has 0 aliphatic rings. The maximum Gasteiger partial charge on any atom is -0.0178 e. The highest BCUT2D eigenvalue weighted by molar-refractivity contribution is 5.73. The molecular weight excluding hydrogens is 336 g/mol. The van der Waals surface area contributed by atoms with Crippen molar-refractivity contribution >= 4 is 0 Å². The van der Waals surface area contributed by atoms with Crippen molar-refractivity contribution < 1.29 is 0 Å². The van der Waals surface area contributed by atoms with Crippen molar-refractivity contribution in [2.24, 2.45) is 0 Å². The van der Waals surface area contributed by atoms with Crippen LogP contribution in [0.4, 0.5) is 0 Å². The second kappa shape index (κ2) is 10.9. The molecule has 0 unspecified atom stereocenters. The van der Waals surface area contributed by atoms with E-state index in [1.807, 2.05) is 0 Å². The van der Waals surface area contributed by atoms with Crippen LogP contribution >= 0.6 is 0 Å². The maximum absolute atomic E-state index is 2.32. The summed E-state index contributed by atoms with van der Waals surface area (Å²) in [5, 5.41) is 0. The lowest BCUT2D eigenvalue weighted by Crippen LogP contribution is -1.87. The van der Waals surface area contributed by atoms with Crippen LogP contribution < -0.4 is 0 Å². The zero-order chi connectivity index (χ0) is 19.6. The zero-order valence-corrected chi connectivity index (χ0v) is 17.6. The third-order valence-electron chi connectivity index (χ3n) is 5.58. The Balaban J connectivity index is 1.70. The maximum atomic E-state index is 2.32. The van der Waals surface area contributed by atoms with Crippen LogP contribution in [0.1, 0.15) is 63.5 Å². The van der Waals surface area contributed by atoms with Gasteiger partial charge in [0.15, 0.2) is 0 Å². The molecule has 0 aromatic heterocycles. The fourth-order valence-corrected chi connectivity index (χ4v) is 3.76. The Hall–Kier alpha value is -2.34. The molecular formula is C28H34. The van der Waals surface area contributed by atoms with Gasteiger partial charge in [0.1, 0.15) is 0 Å². The van der Waals surface area contributed by atoms with Crippen molar-refractivity contribution in [2.45, 2.75) is 65.2 Å². The third kappa shape index (κ3) is 5.83. The van der Waals surface area contributed by atoms with Crippen LogP contribution in [0.25, 0.3) is 22.3 Å². The molecule has 28 heavy (non-hydrogen) atoms. The molecule has 0 heterocycles. The number of unbranched alkanes of at least 4 members (excludes halogenated alkanes) is 4. The Morgan fingerprint density at radius 1 is 0.464 bits per heavy atom. The number of benzene rings is 3. The van der Waals surface area contributed by atoms with E-state index in [1.54, 1.807) is 0 Å². The van der Waals surface area contributed by atoms with Gasteiger partial charge in [-0.05, 0) is 65.1 Å². The first kappa shape index (κ1) is 20.4. The summed E-state index contributed by atoms with van der Waals surface area (Å²) >= 11 is 0. The van der Waals surface area contributed by atoms with Gasteiger partial charge in [-0.1, -0.05) is 106 Å². The minimum atomic E-state index is 1.19. The van der Waals surface area contributed by atoms with Crippen LogP contribution in [0.2, 0.25) is 0 Å². The van der Waals surface area contributed by atoms with E-state index in [0.29, 0.717) is 0 Å². The first-order valence-corrected chi connectivity index (χ1v) is 11.1. The average Bonchev–Trinajstić information content (AvgIpc) is 2.75. The monoisotopic (exact) mass is 370 g/mol. The molecule has 0 spiro atoms. The van der Waals surface area contributed by atoms with E-state index in [0.717, 1.165) is 0 Å². The molecule has 0 N–H and O–H groups in total. The predicted octanol–water partition coefficient (Wildman–Crippen LogP) is 8.49. The highest BCUT2D eigenvalue weighted by Crippen LogP contribution is 2.27. The van der Waals surface area contributed by atoms with E-state index in [2.05, 4.69) is 86.6 Å². The van der Waals surface area contributed by atoms with Crippen molar-refractivity contribution in [1.29, 1.82) is 0 Å². The SMILES string of the molecule is CCCCCc1ccc(-c2cccc(-c3ccc(CCCCC)cc3)c2)cc1. The van der Waals surface area contributed by atoms with Crippen LogP contribution in [0, 0.1) is 0 Å². The largest absolute Gasteiger partial charge is 0.0654 e. The lowest BCUT2D eigenvalue weighted by molar-refractivity contribution is 0.717. The quantitative estimate of drug-likeness (QED) is 0.314. The number of aryl methyl sites for hydroxylation is 2. The Bertz CT molecular complexity index is 756. The summed E-state index contributed by atoms with van der Waals surface area (Å²) in [6.45, 7) is 4.52. The molecule has 0 amide bonds. The molecule has 3 aromatic carbocycles. The Kier molecular flexibility index (Phi) is 7.91. The minimum Gasteiger partial charge on any atom is -0.0654 e. The van der Waals surface area contributed by atoms with Gasteiger partial charge in [-0.3, -0.25) is 0 Å². The normalized spacial score (nSPS) is 10.9. The Morgan fingerprint density at radius 3 is 1.29 bits per heavy atom. The predicted molar refractivity (Wildman–Crippen MR) is 124 cm³/mol. The molecule has 0 atom stereocenters. The molecule has 0 saturated carbocycles. The van der Waals surface area contributed by atoms with E-state index < -0.39 is 0 Å². The van der Waals surface area contributed by atoms with Crippen molar-refractivity contribution in [1.82, 2.24) is 0 Å². The van der Waals surface area contributed by atoms with Crippen molar-refractivity contribution in [3.8, 4) is 22.3 Å². The van der Waals surface area contributed by atoms with E-state index in [1.165, 1.54) is 84.7 Å². The summed E-state index contributed by atoms with van der Waals surface area (Å²) in [4.78, 5) is 0. The van der Waals surface area contributed by atoms with Gasteiger partial charge in [0, 0.05) is 0 Å². The van der Waals surface area contributed by atoms with Crippen molar-refractivity contribution in [3.63, 3.8) is 0 Å². The highest BCUT2D eigenvalue weighted by Gasteiger charge is 2.03. The fourth-order valence-electron chi connectivity index (χ4n) is 3.76. The molecule has 0 heteroatoms. The number of hydrogen-bond acceptors (Lipinski definition) is 0. The zero-order valence-electron chi connectivity index (χ0n) is 17.6. The summed E-state index contributed by atoms with van der Waals surface area (Å²) in [6, 6.07) is 27.2. The Labute approximate surface area is 171 Å². The second-order valence-corrected chi connectivity index (χ2v) is 7.89. The van der Waals surface area contributed by atoms with E-state index >= 15 is 0 Å². The molecule has 0 bridgehead atoms. The van der Waals surface area contributed by atoms with Gasteiger partial charge in [-0.25, -0.2) is 0 Å². The molecule has 0 aliphatic carbocycles. The summed E-state index contributed by atoms with van der Waals surface area (Å²) < 4.78 is 0. The molecule has 0 radical (unpaired) electrons. The van der Waals surface area contributed by atoms with Gasteiger partial charge in [-0.15, -0.1) is 0 Å². The summed E-state index contributed by atoms with van der Waals surface area (Å²) in [5.41, 5.74) is 8.10. The minimum absolute atomic E-state index is 1.19. The van der Waals surface area contributed by atoms with E-state index in [-0.39, 0.29) is 0 Å². The van der Waals surface area contributed by atoms with Gasteiger partial charge in [-0.2, -0.15) is 0 Å². The van der Waals surface area contributed by atoms with Crippen LogP contribution in [0.3, 0.4) is 0 Å². The van der Waals surface area contributed by atoms with Gasteiger partial charge in [0.2, 0.25) is 0 Å². The summed E-state index contributed by atoms with van der Waals surface area (Å²) in [7, 11) is 0. The molecule has 0 fully saturated rings. The lowest BCUT2D eigenvalue weighted by atomic mass is 9.96. The second-order valence-electron chi connectivity index (χ2n) is 7.89. The molecule has 0 nitrogen and oxygen atoms in total. The van der Waals surface area contributed by atoms with Crippen LogP contribution in [0.5, 0.6) is 0 Å². The third-order valence-corrected chi connectivity index (χ3v) is 5.58. The van der Waals surface area contributed by atoms with Crippen LogP contribution in [-0.4, -0.2) is 0 Å². The molecule has 0 saturated heterocycles.